The Hall–Kier alpha value is -2.86. The van der Waals surface area contributed by atoms with Crippen LogP contribution in [0.2, 0.25) is 0 Å². The third kappa shape index (κ3) is 3.17. The second-order valence-corrected chi connectivity index (χ2v) is 7.05. The highest BCUT2D eigenvalue weighted by Gasteiger charge is 2.36. The maximum atomic E-state index is 12.4. The van der Waals surface area contributed by atoms with Gasteiger partial charge in [0, 0.05) is 12.5 Å². The Morgan fingerprint density at radius 1 is 1.04 bits per heavy atom. The van der Waals surface area contributed by atoms with Crippen molar-refractivity contribution in [2.45, 2.75) is 18.4 Å². The summed E-state index contributed by atoms with van der Waals surface area (Å²) in [6.07, 6.45) is -1.36. The summed E-state index contributed by atoms with van der Waals surface area (Å²) in [7, 11) is 0. The van der Waals surface area contributed by atoms with E-state index in [1.165, 1.54) is 4.90 Å². The largest absolute Gasteiger partial charge is 0.481 e. The van der Waals surface area contributed by atoms with Crippen molar-refractivity contribution in [1.82, 2.24) is 4.90 Å². The van der Waals surface area contributed by atoms with Crippen molar-refractivity contribution in [3.05, 3.63) is 59.7 Å². The Kier molecular flexibility index (Phi) is 4.58. The molecule has 0 bridgehead atoms. The molecule has 1 aliphatic heterocycles. The number of ether oxygens (including phenoxy) is 1. The molecule has 0 unspecified atom stereocenters. The van der Waals surface area contributed by atoms with Crippen LogP contribution in [0.1, 0.15) is 23.5 Å². The van der Waals surface area contributed by atoms with Gasteiger partial charge in [-0.3, -0.25) is 4.79 Å². The average Bonchev–Trinajstić information content (AvgIpc) is 2.99. The lowest BCUT2D eigenvalue weighted by atomic mass is 9.94. The molecule has 0 radical (unpaired) electrons. The van der Waals surface area contributed by atoms with E-state index in [-0.39, 0.29) is 32.0 Å². The summed E-state index contributed by atoms with van der Waals surface area (Å²) in [5, 5.41) is 19.0. The standard InChI is InChI=1S/C21H21NO5/c23-19-11-22(10-9-17(19)20(24)25)21(26)27-12-18-15-7-3-1-5-13(15)14-6-2-4-8-16(14)18/h1-8,17-19,23H,9-12H2,(H,24,25)/t17-,19+/m0/s1. The number of carbonyl (C=O) groups excluding carboxylic acids is 1. The van der Waals surface area contributed by atoms with E-state index in [1.807, 2.05) is 24.3 Å². The first-order chi connectivity index (χ1) is 13.1. The number of nitrogens with zero attached hydrogens (tertiary/aromatic N) is 1. The molecule has 6 heteroatoms. The van der Waals surface area contributed by atoms with Gasteiger partial charge < -0.3 is 19.8 Å². The van der Waals surface area contributed by atoms with Gasteiger partial charge in [0.15, 0.2) is 0 Å². The van der Waals surface area contributed by atoms with E-state index < -0.39 is 24.1 Å². The monoisotopic (exact) mass is 367 g/mol. The molecule has 4 rings (SSSR count). The van der Waals surface area contributed by atoms with Crippen LogP contribution in [0.4, 0.5) is 4.79 Å². The Labute approximate surface area is 157 Å². The second-order valence-electron chi connectivity index (χ2n) is 7.05. The molecule has 27 heavy (non-hydrogen) atoms. The third-order valence-corrected chi connectivity index (χ3v) is 5.49. The van der Waals surface area contributed by atoms with Gasteiger partial charge in [-0.1, -0.05) is 48.5 Å². The maximum absolute atomic E-state index is 12.4. The van der Waals surface area contributed by atoms with Gasteiger partial charge in [-0.2, -0.15) is 0 Å². The van der Waals surface area contributed by atoms with Crippen LogP contribution in [-0.2, 0) is 9.53 Å². The fourth-order valence-corrected chi connectivity index (χ4v) is 4.07. The maximum Gasteiger partial charge on any atom is 0.409 e. The number of rotatable bonds is 3. The SMILES string of the molecule is O=C(O)[C@H]1CCN(C(=O)OCC2c3ccccc3-c3ccccc32)C[C@H]1O. The van der Waals surface area contributed by atoms with Crippen molar-refractivity contribution < 1.29 is 24.5 Å². The van der Waals surface area contributed by atoms with E-state index in [2.05, 4.69) is 24.3 Å². The molecular weight excluding hydrogens is 346 g/mol. The van der Waals surface area contributed by atoms with E-state index in [0.29, 0.717) is 0 Å². The molecule has 2 aliphatic rings. The number of aliphatic carboxylic acids is 1. The summed E-state index contributed by atoms with van der Waals surface area (Å²) >= 11 is 0. The van der Waals surface area contributed by atoms with Crippen LogP contribution < -0.4 is 0 Å². The number of aliphatic hydroxyl groups excluding tert-OH is 1. The summed E-state index contributed by atoms with van der Waals surface area (Å²) in [6, 6.07) is 16.2. The van der Waals surface area contributed by atoms with Gasteiger partial charge in [0.05, 0.1) is 18.6 Å². The molecule has 0 aromatic heterocycles. The number of β-amino-alcohol motifs (C(OH)–C–C–N with tert-alkyl or cyclic N) is 1. The Bertz CT molecular complexity index is 835. The van der Waals surface area contributed by atoms with Gasteiger partial charge in [-0.15, -0.1) is 0 Å². The average molecular weight is 367 g/mol. The fourth-order valence-electron chi connectivity index (χ4n) is 4.07. The predicted molar refractivity (Wildman–Crippen MR) is 98.4 cm³/mol. The molecular formula is C21H21NO5. The minimum Gasteiger partial charge on any atom is -0.481 e. The predicted octanol–water partition coefficient (Wildman–Crippen LogP) is 2.70. The third-order valence-electron chi connectivity index (χ3n) is 5.49. The van der Waals surface area contributed by atoms with Gasteiger partial charge in [-0.05, 0) is 28.7 Å². The number of likely N-dealkylation sites (tertiary alicyclic amines) is 1. The minimum atomic E-state index is -1.07. The lowest BCUT2D eigenvalue weighted by molar-refractivity contribution is -0.148. The second kappa shape index (κ2) is 7.04. The lowest BCUT2D eigenvalue weighted by Crippen LogP contribution is -2.49. The van der Waals surface area contributed by atoms with Crippen LogP contribution in [0.15, 0.2) is 48.5 Å². The quantitative estimate of drug-likeness (QED) is 0.871. The van der Waals surface area contributed by atoms with E-state index in [4.69, 9.17) is 9.84 Å². The fraction of sp³-hybridized carbons (Fsp3) is 0.333. The Morgan fingerprint density at radius 2 is 1.63 bits per heavy atom. The van der Waals surface area contributed by atoms with Crippen molar-refractivity contribution in [3.63, 3.8) is 0 Å². The zero-order valence-electron chi connectivity index (χ0n) is 14.7. The van der Waals surface area contributed by atoms with Crippen LogP contribution >= 0.6 is 0 Å². The molecule has 140 valence electrons. The number of hydrogen-bond donors (Lipinski definition) is 2. The van der Waals surface area contributed by atoms with E-state index in [9.17, 15) is 14.7 Å². The number of hydrogen-bond acceptors (Lipinski definition) is 4. The molecule has 0 saturated carbocycles. The van der Waals surface area contributed by atoms with Crippen LogP contribution in [-0.4, -0.2) is 53.0 Å². The summed E-state index contributed by atoms with van der Waals surface area (Å²) in [5.74, 6) is -1.89. The van der Waals surface area contributed by atoms with Gasteiger partial charge in [0.2, 0.25) is 0 Å². The Morgan fingerprint density at radius 3 is 2.19 bits per heavy atom. The summed E-state index contributed by atoms with van der Waals surface area (Å²) < 4.78 is 5.55. The van der Waals surface area contributed by atoms with E-state index in [1.54, 1.807) is 0 Å². The number of aliphatic hydroxyl groups is 1. The number of carboxylic acid groups (broad SMARTS) is 1. The molecule has 1 saturated heterocycles. The number of benzene rings is 2. The molecule has 6 nitrogen and oxygen atoms in total. The molecule has 2 aromatic carbocycles. The van der Waals surface area contributed by atoms with Gasteiger partial charge in [0.1, 0.15) is 6.61 Å². The molecule has 2 atom stereocenters. The topological polar surface area (TPSA) is 87.1 Å². The summed E-state index contributed by atoms with van der Waals surface area (Å²) in [4.78, 5) is 24.9. The van der Waals surface area contributed by atoms with E-state index in [0.717, 1.165) is 22.3 Å². The molecule has 2 N–H and O–H groups in total. The molecule has 1 fully saturated rings. The first-order valence-electron chi connectivity index (χ1n) is 9.07. The van der Waals surface area contributed by atoms with E-state index >= 15 is 0 Å². The zero-order valence-corrected chi connectivity index (χ0v) is 14.7. The van der Waals surface area contributed by atoms with Crippen LogP contribution in [0.3, 0.4) is 0 Å². The lowest BCUT2D eigenvalue weighted by Gasteiger charge is -2.33. The van der Waals surface area contributed by atoms with Crippen molar-refractivity contribution in [1.29, 1.82) is 0 Å². The van der Waals surface area contributed by atoms with Crippen molar-refractivity contribution in [2.24, 2.45) is 5.92 Å². The molecule has 1 heterocycles. The highest BCUT2D eigenvalue weighted by Crippen LogP contribution is 2.44. The summed E-state index contributed by atoms with van der Waals surface area (Å²) in [5.41, 5.74) is 4.59. The number of carbonyl (C=O) groups is 2. The highest BCUT2D eigenvalue weighted by atomic mass is 16.6. The number of piperidine rings is 1. The molecule has 1 amide bonds. The van der Waals surface area contributed by atoms with Crippen molar-refractivity contribution in [3.8, 4) is 11.1 Å². The van der Waals surface area contributed by atoms with Gasteiger partial charge >= 0.3 is 12.1 Å². The molecule has 0 spiro atoms. The van der Waals surface area contributed by atoms with Crippen molar-refractivity contribution >= 4 is 12.1 Å². The van der Waals surface area contributed by atoms with Gasteiger partial charge in [-0.25, -0.2) is 4.79 Å². The zero-order chi connectivity index (χ0) is 19.0. The molecule has 2 aromatic rings. The highest BCUT2D eigenvalue weighted by molar-refractivity contribution is 5.79. The normalized spacial score (nSPS) is 21.4. The van der Waals surface area contributed by atoms with Crippen LogP contribution in [0.5, 0.6) is 0 Å². The summed E-state index contributed by atoms with van der Waals surface area (Å²) in [6.45, 7) is 0.458. The first kappa shape index (κ1) is 17.5. The Balaban J connectivity index is 1.45. The number of amides is 1. The van der Waals surface area contributed by atoms with Crippen LogP contribution in [0, 0.1) is 5.92 Å². The van der Waals surface area contributed by atoms with Crippen molar-refractivity contribution in [2.75, 3.05) is 19.7 Å². The number of fused-ring (bicyclic) bond motifs is 3. The van der Waals surface area contributed by atoms with Gasteiger partial charge in [0.25, 0.3) is 0 Å². The first-order valence-corrected chi connectivity index (χ1v) is 9.07. The number of carboxylic acids is 1. The minimum absolute atomic E-state index is 0.0202. The molecule has 1 aliphatic carbocycles. The van der Waals surface area contributed by atoms with Crippen LogP contribution in [0.25, 0.3) is 11.1 Å². The smallest absolute Gasteiger partial charge is 0.409 e.